The molecule has 8 heteroatoms. The molecule has 1 atom stereocenters. The van der Waals surface area contributed by atoms with Crippen LogP contribution in [0.5, 0.6) is 5.75 Å². The summed E-state index contributed by atoms with van der Waals surface area (Å²) in [6.45, 7) is 1.85. The molecule has 1 aliphatic heterocycles. The molecule has 0 fully saturated rings. The third-order valence-corrected chi connectivity index (χ3v) is 4.86. The van der Waals surface area contributed by atoms with Crippen LogP contribution in [0.3, 0.4) is 0 Å². The average molecular weight is 394 g/mol. The van der Waals surface area contributed by atoms with E-state index in [0.29, 0.717) is 17.2 Å². The van der Waals surface area contributed by atoms with Crippen molar-refractivity contribution in [2.75, 3.05) is 17.7 Å². The highest BCUT2D eigenvalue weighted by Gasteiger charge is 2.34. The van der Waals surface area contributed by atoms with E-state index in [9.17, 15) is 14.0 Å². The Bertz CT molecular complexity index is 1070. The Morgan fingerprint density at radius 3 is 2.55 bits per heavy atom. The molecule has 2 amide bonds. The average Bonchev–Trinajstić information content (AvgIpc) is 3.05. The van der Waals surface area contributed by atoms with Crippen molar-refractivity contribution in [2.24, 2.45) is 0 Å². The lowest BCUT2D eigenvalue weighted by molar-refractivity contribution is -0.125. The van der Waals surface area contributed by atoms with Crippen molar-refractivity contribution in [1.82, 2.24) is 9.78 Å². The Balaban J connectivity index is 1.67. The summed E-state index contributed by atoms with van der Waals surface area (Å²) in [4.78, 5) is 25.1. The molecule has 7 nitrogen and oxygen atoms in total. The molecule has 0 aliphatic carbocycles. The molecule has 1 aromatic heterocycles. The lowest BCUT2D eigenvalue weighted by Gasteiger charge is -2.24. The maximum absolute atomic E-state index is 13.1. The van der Waals surface area contributed by atoms with Gasteiger partial charge >= 0.3 is 0 Å². The van der Waals surface area contributed by atoms with Gasteiger partial charge in [-0.25, -0.2) is 9.07 Å². The van der Waals surface area contributed by atoms with E-state index in [2.05, 4.69) is 15.7 Å². The molecule has 148 valence electrons. The number of carbonyl (C=O) groups is 2. The number of nitrogens with zero attached hydrogens (tertiary/aromatic N) is 2. The topological polar surface area (TPSA) is 85.2 Å². The zero-order valence-corrected chi connectivity index (χ0v) is 15.9. The number of halogens is 1. The van der Waals surface area contributed by atoms with Crippen molar-refractivity contribution in [3.63, 3.8) is 0 Å². The van der Waals surface area contributed by atoms with Crippen LogP contribution in [-0.4, -0.2) is 28.7 Å². The zero-order valence-electron chi connectivity index (χ0n) is 15.9. The van der Waals surface area contributed by atoms with Crippen LogP contribution < -0.4 is 15.4 Å². The van der Waals surface area contributed by atoms with E-state index >= 15 is 0 Å². The van der Waals surface area contributed by atoms with Gasteiger partial charge < -0.3 is 15.4 Å². The van der Waals surface area contributed by atoms with Gasteiger partial charge in [-0.15, -0.1) is 0 Å². The lowest BCUT2D eigenvalue weighted by atomic mass is 10.1. The van der Waals surface area contributed by atoms with Crippen molar-refractivity contribution >= 4 is 23.3 Å². The number of benzene rings is 2. The van der Waals surface area contributed by atoms with E-state index in [4.69, 9.17) is 4.74 Å². The van der Waals surface area contributed by atoms with Crippen LogP contribution in [-0.2, 0) is 9.59 Å². The molecule has 0 bridgehead atoms. The minimum absolute atomic E-state index is 0.0385. The molecule has 0 spiro atoms. The van der Waals surface area contributed by atoms with Crippen LogP contribution in [0.2, 0.25) is 0 Å². The number of anilines is 2. The summed E-state index contributed by atoms with van der Waals surface area (Å²) in [5.41, 5.74) is 2.73. The Hall–Kier alpha value is -3.68. The van der Waals surface area contributed by atoms with Crippen molar-refractivity contribution < 1.29 is 18.7 Å². The smallest absolute Gasteiger partial charge is 0.249 e. The van der Waals surface area contributed by atoms with Crippen molar-refractivity contribution in [2.45, 2.75) is 19.4 Å². The molecule has 3 aromatic rings. The van der Waals surface area contributed by atoms with Gasteiger partial charge in [-0.3, -0.25) is 9.59 Å². The van der Waals surface area contributed by atoms with Gasteiger partial charge in [0.15, 0.2) is 0 Å². The van der Waals surface area contributed by atoms with Crippen molar-refractivity contribution in [3.8, 4) is 17.0 Å². The van der Waals surface area contributed by atoms with E-state index in [1.165, 1.54) is 28.9 Å². The minimum atomic E-state index is -0.811. The van der Waals surface area contributed by atoms with Crippen LogP contribution in [0.25, 0.3) is 11.3 Å². The summed E-state index contributed by atoms with van der Waals surface area (Å²) in [6, 6.07) is 12.0. The zero-order chi connectivity index (χ0) is 20.5. The number of methoxy groups -OCH3 is 1. The predicted molar refractivity (Wildman–Crippen MR) is 106 cm³/mol. The maximum Gasteiger partial charge on any atom is 0.249 e. The molecule has 0 saturated heterocycles. The molecule has 0 radical (unpaired) electrons. The number of hydrogen-bond acceptors (Lipinski definition) is 4. The third kappa shape index (κ3) is 3.56. The third-order valence-electron chi connectivity index (χ3n) is 4.86. The van der Waals surface area contributed by atoms with E-state index in [1.54, 1.807) is 7.11 Å². The first-order valence-electron chi connectivity index (χ1n) is 9.06. The fraction of sp³-hybridized carbons (Fsp3) is 0.190. The molecule has 1 aliphatic rings. The number of hydrogen-bond donors (Lipinski definition) is 2. The molecule has 0 unspecified atom stereocenters. The van der Waals surface area contributed by atoms with Gasteiger partial charge in [-0.1, -0.05) is 0 Å². The Morgan fingerprint density at radius 2 is 1.90 bits per heavy atom. The summed E-state index contributed by atoms with van der Waals surface area (Å²) >= 11 is 0. The van der Waals surface area contributed by atoms with E-state index in [0.717, 1.165) is 16.9 Å². The Kier molecular flexibility index (Phi) is 4.75. The molecule has 2 aromatic carbocycles. The monoisotopic (exact) mass is 394 g/mol. The molecular weight excluding hydrogens is 375 g/mol. The lowest BCUT2D eigenvalue weighted by Crippen LogP contribution is -2.35. The SMILES string of the molecule is COc1ccc(-c2nn3c(c2C)NC(=O)C[C@H]3C(=O)Nc2ccc(F)cc2)cc1. The summed E-state index contributed by atoms with van der Waals surface area (Å²) in [5, 5.41) is 10.1. The molecule has 2 heterocycles. The molecular formula is C21H19FN4O3. The number of carbonyl (C=O) groups excluding carboxylic acids is 2. The first-order chi connectivity index (χ1) is 14.0. The van der Waals surface area contributed by atoms with Gasteiger partial charge in [0.2, 0.25) is 11.8 Å². The summed E-state index contributed by atoms with van der Waals surface area (Å²) in [5.74, 6) is 0.165. The second kappa shape index (κ2) is 7.38. The van der Waals surface area contributed by atoms with E-state index < -0.39 is 17.8 Å². The number of rotatable bonds is 4. The number of aromatic nitrogens is 2. The Labute approximate surface area is 166 Å². The standard InChI is InChI=1S/C21H19FN4O3/c1-12-19(13-3-9-16(29-2)10-4-13)25-26-17(11-18(27)24-20(12)26)21(28)23-15-7-5-14(22)6-8-15/h3-10,17H,11H2,1-2H3,(H,23,28)(H,24,27)/t17-/m0/s1. The van der Waals surface area contributed by atoms with Gasteiger partial charge in [0.25, 0.3) is 0 Å². The molecule has 0 saturated carbocycles. The fourth-order valence-electron chi connectivity index (χ4n) is 3.32. The second-order valence-electron chi connectivity index (χ2n) is 6.76. The fourth-order valence-corrected chi connectivity index (χ4v) is 3.32. The van der Waals surface area contributed by atoms with Crippen molar-refractivity contribution in [1.29, 1.82) is 0 Å². The van der Waals surface area contributed by atoms with Gasteiger partial charge in [0, 0.05) is 16.8 Å². The highest BCUT2D eigenvalue weighted by molar-refractivity contribution is 6.02. The first-order valence-corrected chi connectivity index (χ1v) is 9.06. The van der Waals surface area contributed by atoms with Gasteiger partial charge in [0.1, 0.15) is 23.4 Å². The van der Waals surface area contributed by atoms with E-state index in [1.807, 2.05) is 31.2 Å². The minimum Gasteiger partial charge on any atom is -0.497 e. The van der Waals surface area contributed by atoms with E-state index in [-0.39, 0.29) is 12.3 Å². The number of amides is 2. The molecule has 2 N–H and O–H groups in total. The maximum atomic E-state index is 13.1. The summed E-state index contributed by atoms with van der Waals surface area (Å²) in [7, 11) is 1.59. The first kappa shape index (κ1) is 18.7. The van der Waals surface area contributed by atoms with Crippen molar-refractivity contribution in [3.05, 3.63) is 59.9 Å². The number of fused-ring (bicyclic) bond motifs is 1. The van der Waals surface area contributed by atoms with Gasteiger partial charge in [0.05, 0.1) is 19.2 Å². The van der Waals surface area contributed by atoms with Gasteiger partial charge in [-0.05, 0) is 55.5 Å². The quantitative estimate of drug-likeness (QED) is 0.709. The predicted octanol–water partition coefficient (Wildman–Crippen LogP) is 3.53. The normalized spacial score (nSPS) is 15.4. The van der Waals surface area contributed by atoms with Crippen LogP contribution in [0.4, 0.5) is 15.9 Å². The van der Waals surface area contributed by atoms with Crippen LogP contribution >= 0.6 is 0 Å². The van der Waals surface area contributed by atoms with Crippen LogP contribution in [0, 0.1) is 12.7 Å². The highest BCUT2D eigenvalue weighted by Crippen LogP contribution is 2.35. The van der Waals surface area contributed by atoms with Gasteiger partial charge in [-0.2, -0.15) is 5.10 Å². The number of nitrogens with one attached hydrogen (secondary N) is 2. The summed E-state index contributed by atoms with van der Waals surface area (Å²) < 4.78 is 19.8. The summed E-state index contributed by atoms with van der Waals surface area (Å²) in [6.07, 6.45) is -0.0385. The van der Waals surface area contributed by atoms with Crippen LogP contribution in [0.15, 0.2) is 48.5 Å². The molecule has 29 heavy (non-hydrogen) atoms. The Morgan fingerprint density at radius 1 is 1.21 bits per heavy atom. The highest BCUT2D eigenvalue weighted by atomic mass is 19.1. The largest absolute Gasteiger partial charge is 0.497 e. The van der Waals surface area contributed by atoms with Crippen LogP contribution in [0.1, 0.15) is 18.0 Å². The molecule has 4 rings (SSSR count). The second-order valence-corrected chi connectivity index (χ2v) is 6.76. The number of ether oxygens (including phenoxy) is 1.